The normalized spacial score (nSPS) is 19.8. The fourth-order valence-electron chi connectivity index (χ4n) is 3.72. The zero-order chi connectivity index (χ0) is 18.5. The van der Waals surface area contributed by atoms with Crippen molar-refractivity contribution in [3.63, 3.8) is 0 Å². The Balaban J connectivity index is 1.45. The third-order valence-corrected chi connectivity index (χ3v) is 5.29. The molecule has 1 heterocycles. The molecule has 144 valence electrons. The summed E-state index contributed by atoms with van der Waals surface area (Å²) in [5, 5.41) is 6.57. The van der Waals surface area contributed by atoms with Crippen LogP contribution >= 0.6 is 0 Å². The van der Waals surface area contributed by atoms with Gasteiger partial charge in [-0.15, -0.1) is 0 Å². The molecule has 0 radical (unpaired) electrons. The lowest BCUT2D eigenvalue weighted by Gasteiger charge is -2.34. The molecule has 26 heavy (non-hydrogen) atoms. The number of hydrogen-bond acceptors (Lipinski definition) is 5. The number of anilines is 1. The predicted molar refractivity (Wildman–Crippen MR) is 103 cm³/mol. The number of ether oxygens (including phenoxy) is 2. The second-order valence-corrected chi connectivity index (χ2v) is 7.43. The molecular weight excluding hydrogens is 330 g/mol. The van der Waals surface area contributed by atoms with Crippen molar-refractivity contribution in [2.45, 2.75) is 57.2 Å². The molecule has 6 nitrogen and oxygen atoms in total. The monoisotopic (exact) mass is 361 g/mol. The summed E-state index contributed by atoms with van der Waals surface area (Å²) in [7, 11) is 3.20. The highest BCUT2D eigenvalue weighted by Crippen LogP contribution is 2.30. The highest BCUT2D eigenvalue weighted by molar-refractivity contribution is 5.92. The maximum absolute atomic E-state index is 12.4. The summed E-state index contributed by atoms with van der Waals surface area (Å²) in [5.74, 6) is 1.30. The predicted octanol–water partition coefficient (Wildman–Crippen LogP) is 2.64. The molecule has 2 fully saturated rings. The van der Waals surface area contributed by atoms with E-state index in [1.807, 2.05) is 6.07 Å². The Labute approximate surface area is 156 Å². The van der Waals surface area contributed by atoms with Crippen LogP contribution in [0.15, 0.2) is 18.2 Å². The van der Waals surface area contributed by atoms with Crippen LogP contribution in [-0.4, -0.2) is 56.2 Å². The number of nitrogens with zero attached hydrogens (tertiary/aromatic N) is 1. The average Bonchev–Trinajstić information content (AvgIpc) is 3.47. The number of carbonyl (C=O) groups excluding carboxylic acids is 1. The molecule has 0 spiro atoms. The first-order valence-electron chi connectivity index (χ1n) is 9.61. The molecule has 6 heteroatoms. The van der Waals surface area contributed by atoms with Crippen LogP contribution in [-0.2, 0) is 4.79 Å². The van der Waals surface area contributed by atoms with Gasteiger partial charge in [-0.2, -0.15) is 0 Å². The molecule has 1 saturated heterocycles. The second-order valence-electron chi connectivity index (χ2n) is 7.43. The van der Waals surface area contributed by atoms with Crippen LogP contribution in [0.4, 0.5) is 5.69 Å². The van der Waals surface area contributed by atoms with Gasteiger partial charge in [0.1, 0.15) is 11.5 Å². The van der Waals surface area contributed by atoms with Crippen molar-refractivity contribution in [1.29, 1.82) is 0 Å². The maximum atomic E-state index is 12.4. The first-order valence-corrected chi connectivity index (χ1v) is 9.61. The van der Waals surface area contributed by atoms with E-state index in [0.717, 1.165) is 6.04 Å². The minimum absolute atomic E-state index is 0.0213. The lowest BCUT2D eigenvalue weighted by atomic mass is 10.0. The fourth-order valence-corrected chi connectivity index (χ4v) is 3.72. The Morgan fingerprint density at radius 2 is 1.92 bits per heavy atom. The van der Waals surface area contributed by atoms with Crippen molar-refractivity contribution in [3.8, 4) is 11.5 Å². The molecule has 0 aromatic heterocycles. The minimum atomic E-state index is -0.0213. The van der Waals surface area contributed by atoms with E-state index in [2.05, 4.69) is 22.5 Å². The lowest BCUT2D eigenvalue weighted by Crippen LogP contribution is -2.46. The zero-order valence-corrected chi connectivity index (χ0v) is 16.1. The Hall–Kier alpha value is -1.79. The molecule has 1 unspecified atom stereocenters. The number of benzene rings is 1. The Bertz CT molecular complexity index is 610. The van der Waals surface area contributed by atoms with Gasteiger partial charge in [-0.25, -0.2) is 0 Å². The zero-order valence-electron chi connectivity index (χ0n) is 16.1. The van der Waals surface area contributed by atoms with Crippen molar-refractivity contribution < 1.29 is 14.3 Å². The Kier molecular flexibility index (Phi) is 6.38. The van der Waals surface area contributed by atoms with Crippen LogP contribution < -0.4 is 20.1 Å². The van der Waals surface area contributed by atoms with Crippen LogP contribution in [0, 0.1) is 0 Å². The highest BCUT2D eigenvalue weighted by Gasteiger charge is 2.32. The number of carbonyl (C=O) groups is 1. The van der Waals surface area contributed by atoms with Gasteiger partial charge in [0.05, 0.1) is 19.9 Å². The van der Waals surface area contributed by atoms with E-state index >= 15 is 0 Å². The smallest absolute Gasteiger partial charge is 0.226 e. The van der Waals surface area contributed by atoms with E-state index in [0.29, 0.717) is 29.6 Å². The molecule has 1 amide bonds. The number of amides is 1. The van der Waals surface area contributed by atoms with Gasteiger partial charge in [0.25, 0.3) is 0 Å². The standard InChI is InChI=1S/C20H31N3O3/c1-14(21-15-8-10-23(11-9-15)16-4-5-16)12-20(24)22-18-13-17(25-2)6-7-19(18)26-3/h6-7,13-16,21H,4-5,8-12H2,1-3H3,(H,22,24). The molecule has 3 rings (SSSR count). The number of piperidine rings is 1. The first kappa shape index (κ1) is 19.0. The largest absolute Gasteiger partial charge is 0.497 e. The summed E-state index contributed by atoms with van der Waals surface area (Å²) in [4.78, 5) is 15.0. The highest BCUT2D eigenvalue weighted by atomic mass is 16.5. The molecule has 1 aromatic carbocycles. The topological polar surface area (TPSA) is 62.8 Å². The number of likely N-dealkylation sites (tertiary alicyclic amines) is 1. The van der Waals surface area contributed by atoms with E-state index < -0.39 is 0 Å². The molecule has 1 saturated carbocycles. The van der Waals surface area contributed by atoms with Gasteiger partial charge in [-0.1, -0.05) is 0 Å². The quantitative estimate of drug-likeness (QED) is 0.745. The van der Waals surface area contributed by atoms with E-state index in [4.69, 9.17) is 9.47 Å². The molecule has 1 aromatic rings. The Morgan fingerprint density at radius 3 is 2.54 bits per heavy atom. The van der Waals surface area contributed by atoms with Gasteiger partial charge in [0.2, 0.25) is 5.91 Å². The van der Waals surface area contributed by atoms with Gasteiger partial charge < -0.3 is 25.0 Å². The fraction of sp³-hybridized carbons (Fsp3) is 0.650. The van der Waals surface area contributed by atoms with Crippen LogP contribution in [0.1, 0.15) is 39.0 Å². The number of nitrogens with one attached hydrogen (secondary N) is 2. The van der Waals surface area contributed by atoms with E-state index in [9.17, 15) is 4.79 Å². The van der Waals surface area contributed by atoms with Gasteiger partial charge in [0.15, 0.2) is 0 Å². The van der Waals surface area contributed by atoms with E-state index in [-0.39, 0.29) is 11.9 Å². The molecule has 1 aliphatic heterocycles. The molecule has 0 bridgehead atoms. The summed E-state index contributed by atoms with van der Waals surface area (Å²) >= 11 is 0. The summed E-state index contributed by atoms with van der Waals surface area (Å²) in [6, 6.07) is 6.90. The van der Waals surface area contributed by atoms with Gasteiger partial charge in [-0.3, -0.25) is 4.79 Å². The molecular formula is C20H31N3O3. The van der Waals surface area contributed by atoms with Crippen molar-refractivity contribution in [2.75, 3.05) is 32.6 Å². The summed E-state index contributed by atoms with van der Waals surface area (Å²) in [6.07, 6.45) is 5.53. The van der Waals surface area contributed by atoms with Crippen LogP contribution in [0.3, 0.4) is 0 Å². The van der Waals surface area contributed by atoms with Crippen molar-refractivity contribution >= 4 is 11.6 Å². The lowest BCUT2D eigenvalue weighted by molar-refractivity contribution is -0.116. The second kappa shape index (κ2) is 8.73. The minimum Gasteiger partial charge on any atom is -0.497 e. The maximum Gasteiger partial charge on any atom is 0.226 e. The van der Waals surface area contributed by atoms with Crippen LogP contribution in [0.5, 0.6) is 11.5 Å². The number of rotatable bonds is 8. The molecule has 2 aliphatic rings. The number of methoxy groups -OCH3 is 2. The Morgan fingerprint density at radius 1 is 1.19 bits per heavy atom. The van der Waals surface area contributed by atoms with Crippen molar-refractivity contribution in [1.82, 2.24) is 10.2 Å². The third kappa shape index (κ3) is 5.11. The first-order chi connectivity index (χ1) is 12.6. The summed E-state index contributed by atoms with van der Waals surface area (Å²) in [5.41, 5.74) is 0.641. The van der Waals surface area contributed by atoms with Crippen LogP contribution in [0.2, 0.25) is 0 Å². The summed E-state index contributed by atoms with van der Waals surface area (Å²) in [6.45, 7) is 4.44. The SMILES string of the molecule is COc1ccc(OC)c(NC(=O)CC(C)NC2CCN(C3CC3)CC2)c1. The molecule has 2 N–H and O–H groups in total. The van der Waals surface area contributed by atoms with Crippen LogP contribution in [0.25, 0.3) is 0 Å². The van der Waals surface area contributed by atoms with Gasteiger partial charge in [0, 0.05) is 30.6 Å². The van der Waals surface area contributed by atoms with Crippen molar-refractivity contribution in [2.24, 2.45) is 0 Å². The summed E-state index contributed by atoms with van der Waals surface area (Å²) < 4.78 is 10.5. The van der Waals surface area contributed by atoms with Crippen molar-refractivity contribution in [3.05, 3.63) is 18.2 Å². The molecule has 1 atom stereocenters. The van der Waals surface area contributed by atoms with Gasteiger partial charge >= 0.3 is 0 Å². The molecule has 1 aliphatic carbocycles. The third-order valence-electron chi connectivity index (χ3n) is 5.29. The average molecular weight is 361 g/mol. The van der Waals surface area contributed by atoms with E-state index in [1.54, 1.807) is 26.4 Å². The van der Waals surface area contributed by atoms with E-state index in [1.165, 1.54) is 38.8 Å². The van der Waals surface area contributed by atoms with Gasteiger partial charge in [-0.05, 0) is 57.8 Å². The number of hydrogen-bond donors (Lipinski definition) is 2.